The van der Waals surface area contributed by atoms with E-state index in [1.54, 1.807) is 60.7 Å². The quantitative estimate of drug-likeness (QED) is 0.315. The molecule has 2 amide bonds. The topological polar surface area (TPSA) is 86.8 Å². The minimum Gasteiger partial charge on any atom is -0.354 e. The van der Waals surface area contributed by atoms with Crippen LogP contribution in [0.2, 0.25) is 5.02 Å². The maximum Gasteiger partial charge on any atom is 0.264 e. The van der Waals surface area contributed by atoms with Crippen LogP contribution in [0.4, 0.5) is 5.69 Å². The molecule has 0 spiro atoms. The monoisotopic (exact) mass is 569 g/mol. The van der Waals surface area contributed by atoms with E-state index in [4.69, 9.17) is 11.6 Å². The molecule has 1 N–H and O–H groups in total. The van der Waals surface area contributed by atoms with Gasteiger partial charge in [0.05, 0.1) is 10.6 Å². The fourth-order valence-electron chi connectivity index (χ4n) is 4.16. The lowest BCUT2D eigenvalue weighted by molar-refractivity contribution is -0.140. The van der Waals surface area contributed by atoms with Crippen LogP contribution in [0.25, 0.3) is 0 Å². The maximum absolute atomic E-state index is 14.0. The molecule has 9 heteroatoms. The summed E-state index contributed by atoms with van der Waals surface area (Å²) in [6.45, 7) is 7.80. The van der Waals surface area contributed by atoms with Crippen molar-refractivity contribution in [1.29, 1.82) is 0 Å². The number of nitrogens with zero attached hydrogens (tertiary/aromatic N) is 2. The molecule has 0 bridgehead atoms. The molecule has 1 atom stereocenters. The van der Waals surface area contributed by atoms with Gasteiger partial charge in [-0.05, 0) is 66.8 Å². The molecule has 0 aliphatic heterocycles. The Morgan fingerprint density at radius 1 is 0.949 bits per heavy atom. The molecule has 0 heterocycles. The van der Waals surface area contributed by atoms with Gasteiger partial charge in [0.1, 0.15) is 12.6 Å². The highest BCUT2D eigenvalue weighted by Crippen LogP contribution is 2.25. The van der Waals surface area contributed by atoms with Crippen molar-refractivity contribution in [2.75, 3.05) is 17.4 Å². The first-order valence-corrected chi connectivity index (χ1v) is 14.8. The van der Waals surface area contributed by atoms with Gasteiger partial charge in [0.25, 0.3) is 10.0 Å². The molecular formula is C30H36ClN3O4S. The first-order chi connectivity index (χ1) is 18.5. The smallest absolute Gasteiger partial charge is 0.264 e. The third-order valence-corrected chi connectivity index (χ3v) is 8.28. The fourth-order valence-corrected chi connectivity index (χ4v) is 5.71. The summed E-state index contributed by atoms with van der Waals surface area (Å²) in [5.41, 5.74) is 2.00. The van der Waals surface area contributed by atoms with Crippen LogP contribution in [0.5, 0.6) is 0 Å². The van der Waals surface area contributed by atoms with Crippen molar-refractivity contribution in [3.63, 3.8) is 0 Å². The van der Waals surface area contributed by atoms with Crippen molar-refractivity contribution in [2.45, 2.75) is 51.6 Å². The van der Waals surface area contributed by atoms with Gasteiger partial charge in [-0.15, -0.1) is 0 Å². The Kier molecular flexibility index (Phi) is 10.5. The number of nitrogens with one attached hydrogen (secondary N) is 1. The number of hydrogen-bond donors (Lipinski definition) is 1. The number of carbonyl (C=O) groups excluding carboxylic acids is 2. The summed E-state index contributed by atoms with van der Waals surface area (Å²) in [6.07, 6.45) is 0.360. The molecule has 39 heavy (non-hydrogen) atoms. The van der Waals surface area contributed by atoms with Gasteiger partial charge in [0.2, 0.25) is 11.8 Å². The number of rotatable bonds is 12. The van der Waals surface area contributed by atoms with Crippen LogP contribution in [-0.4, -0.2) is 44.3 Å². The predicted molar refractivity (Wildman–Crippen MR) is 156 cm³/mol. The van der Waals surface area contributed by atoms with Gasteiger partial charge in [-0.25, -0.2) is 8.42 Å². The number of carbonyl (C=O) groups is 2. The number of hydrogen-bond acceptors (Lipinski definition) is 4. The Morgan fingerprint density at radius 3 is 2.21 bits per heavy atom. The predicted octanol–water partition coefficient (Wildman–Crippen LogP) is 5.42. The summed E-state index contributed by atoms with van der Waals surface area (Å²) in [4.78, 5) is 28.8. The molecule has 0 saturated carbocycles. The molecule has 0 unspecified atom stereocenters. The average Bonchev–Trinajstić information content (AvgIpc) is 2.91. The van der Waals surface area contributed by atoms with E-state index in [9.17, 15) is 18.0 Å². The van der Waals surface area contributed by atoms with Crippen LogP contribution in [0.15, 0.2) is 83.8 Å². The van der Waals surface area contributed by atoms with Crippen molar-refractivity contribution in [1.82, 2.24) is 10.2 Å². The summed E-state index contributed by atoms with van der Waals surface area (Å²) in [7, 11) is -4.08. The van der Waals surface area contributed by atoms with Crippen LogP contribution >= 0.6 is 11.6 Å². The lowest BCUT2D eigenvalue weighted by Gasteiger charge is -2.33. The molecule has 0 radical (unpaired) electrons. The Labute approximate surface area is 236 Å². The molecule has 0 aromatic heterocycles. The standard InChI is InChI=1S/C30H36ClN3O4S/c1-5-28(30(36)32-19-22(2)3)33(20-24-14-16-25(31)17-15-24)29(35)21-34(26-11-9-10-23(4)18-26)39(37,38)27-12-7-6-8-13-27/h6-18,22,28H,5,19-21H2,1-4H3,(H,32,36)/t28-/m0/s1. The van der Waals surface area contributed by atoms with Gasteiger partial charge in [-0.1, -0.05) is 74.8 Å². The number of benzene rings is 3. The highest BCUT2D eigenvalue weighted by Gasteiger charge is 2.33. The van der Waals surface area contributed by atoms with Crippen molar-refractivity contribution >= 4 is 39.1 Å². The summed E-state index contributed by atoms with van der Waals surface area (Å²) < 4.78 is 28.7. The molecular weight excluding hydrogens is 534 g/mol. The van der Waals surface area contributed by atoms with E-state index in [1.165, 1.54) is 17.0 Å². The SMILES string of the molecule is CC[C@@H](C(=O)NCC(C)C)N(Cc1ccc(Cl)cc1)C(=O)CN(c1cccc(C)c1)S(=O)(=O)c1ccccc1. The second-order valence-corrected chi connectivity index (χ2v) is 12.2. The van der Waals surface area contributed by atoms with E-state index in [2.05, 4.69) is 5.32 Å². The minimum atomic E-state index is -4.08. The minimum absolute atomic E-state index is 0.0743. The van der Waals surface area contributed by atoms with Crippen molar-refractivity contribution in [3.8, 4) is 0 Å². The molecule has 7 nitrogen and oxygen atoms in total. The number of sulfonamides is 1. The molecule has 0 aliphatic carbocycles. The lowest BCUT2D eigenvalue weighted by atomic mass is 10.1. The highest BCUT2D eigenvalue weighted by molar-refractivity contribution is 7.92. The van der Waals surface area contributed by atoms with E-state index in [0.29, 0.717) is 23.7 Å². The summed E-state index contributed by atoms with van der Waals surface area (Å²) in [5.74, 6) is -0.529. The van der Waals surface area contributed by atoms with Crippen LogP contribution in [0.3, 0.4) is 0 Å². The Balaban J connectivity index is 2.03. The van der Waals surface area contributed by atoms with E-state index in [-0.39, 0.29) is 23.3 Å². The van der Waals surface area contributed by atoms with Crippen LogP contribution in [0, 0.1) is 12.8 Å². The second-order valence-electron chi connectivity index (χ2n) is 9.87. The van der Waals surface area contributed by atoms with E-state index < -0.39 is 28.5 Å². The first kappa shape index (κ1) is 30.2. The zero-order valence-electron chi connectivity index (χ0n) is 22.8. The normalized spacial score (nSPS) is 12.2. The number of amides is 2. The van der Waals surface area contributed by atoms with E-state index >= 15 is 0 Å². The highest BCUT2D eigenvalue weighted by atomic mass is 35.5. The summed E-state index contributed by atoms with van der Waals surface area (Å²) in [5, 5.41) is 3.48. The van der Waals surface area contributed by atoms with Gasteiger partial charge < -0.3 is 10.2 Å². The van der Waals surface area contributed by atoms with Gasteiger partial charge in [-0.2, -0.15) is 0 Å². The number of anilines is 1. The van der Waals surface area contributed by atoms with Crippen LogP contribution in [-0.2, 0) is 26.2 Å². The molecule has 3 aromatic carbocycles. The first-order valence-electron chi connectivity index (χ1n) is 13.0. The molecule has 0 saturated heterocycles. The fraction of sp³-hybridized carbons (Fsp3) is 0.333. The average molecular weight is 570 g/mol. The molecule has 208 valence electrons. The van der Waals surface area contributed by atoms with Crippen LogP contribution in [0.1, 0.15) is 38.3 Å². The van der Waals surface area contributed by atoms with Crippen molar-refractivity contribution < 1.29 is 18.0 Å². The van der Waals surface area contributed by atoms with E-state index in [0.717, 1.165) is 15.4 Å². The Morgan fingerprint density at radius 2 is 1.62 bits per heavy atom. The van der Waals surface area contributed by atoms with Gasteiger partial charge in [0.15, 0.2) is 0 Å². The molecule has 0 aliphatic rings. The van der Waals surface area contributed by atoms with Crippen molar-refractivity contribution in [3.05, 3.63) is 95.0 Å². The summed E-state index contributed by atoms with van der Waals surface area (Å²) >= 11 is 6.06. The van der Waals surface area contributed by atoms with Gasteiger partial charge in [-0.3, -0.25) is 13.9 Å². The van der Waals surface area contributed by atoms with E-state index in [1.807, 2.05) is 33.8 Å². The second kappa shape index (κ2) is 13.6. The molecule has 0 fully saturated rings. The third kappa shape index (κ3) is 8.07. The number of aryl methyl sites for hydroxylation is 1. The van der Waals surface area contributed by atoms with Gasteiger partial charge >= 0.3 is 0 Å². The Hall–Kier alpha value is -3.36. The van der Waals surface area contributed by atoms with Gasteiger partial charge in [0, 0.05) is 18.1 Å². The lowest BCUT2D eigenvalue weighted by Crippen LogP contribution is -2.52. The van der Waals surface area contributed by atoms with Crippen LogP contribution < -0.4 is 9.62 Å². The number of halogens is 1. The summed E-state index contributed by atoms with van der Waals surface area (Å²) in [6, 6.07) is 21.3. The Bertz CT molecular complexity index is 1360. The zero-order chi connectivity index (χ0) is 28.6. The van der Waals surface area contributed by atoms with Crippen molar-refractivity contribution in [2.24, 2.45) is 5.92 Å². The maximum atomic E-state index is 14.0. The molecule has 3 rings (SSSR count). The molecule has 3 aromatic rings. The zero-order valence-corrected chi connectivity index (χ0v) is 24.4. The third-order valence-electron chi connectivity index (χ3n) is 6.24. The largest absolute Gasteiger partial charge is 0.354 e.